The summed E-state index contributed by atoms with van der Waals surface area (Å²) < 4.78 is 5.89. The van der Waals surface area contributed by atoms with Gasteiger partial charge in [-0.2, -0.15) is 0 Å². The number of ether oxygens (including phenoxy) is 1. The number of hydrogen-bond donors (Lipinski definition) is 1. The first kappa shape index (κ1) is 15.3. The van der Waals surface area contributed by atoms with Gasteiger partial charge in [0.15, 0.2) is 0 Å². The van der Waals surface area contributed by atoms with Crippen LogP contribution in [-0.2, 0) is 0 Å². The van der Waals surface area contributed by atoms with E-state index in [4.69, 9.17) is 16.3 Å². The van der Waals surface area contributed by atoms with Gasteiger partial charge in [-0.3, -0.25) is 0 Å². The molecule has 0 aromatic heterocycles. The Bertz CT molecular complexity index is 354. The summed E-state index contributed by atoms with van der Waals surface area (Å²) in [6, 6.07) is 5.75. The first-order valence-electron chi connectivity index (χ1n) is 6.77. The quantitative estimate of drug-likeness (QED) is 0.715. The fraction of sp³-hybridized carbons (Fsp3) is 0.600. The maximum Gasteiger partial charge on any atom is 0.124 e. The van der Waals surface area contributed by atoms with Gasteiger partial charge in [0.25, 0.3) is 0 Å². The first-order chi connectivity index (χ1) is 8.63. The van der Waals surface area contributed by atoms with Gasteiger partial charge in [-0.05, 0) is 44.5 Å². The average Bonchev–Trinajstić information content (AvgIpc) is 2.33. The van der Waals surface area contributed by atoms with Gasteiger partial charge in [-0.25, -0.2) is 0 Å². The molecule has 0 aliphatic heterocycles. The predicted octanol–water partition coefficient (Wildman–Crippen LogP) is 4.20. The van der Waals surface area contributed by atoms with Crippen LogP contribution >= 0.6 is 11.6 Å². The lowest BCUT2D eigenvalue weighted by Crippen LogP contribution is -2.29. The van der Waals surface area contributed by atoms with Gasteiger partial charge in [-0.1, -0.05) is 37.4 Å². The minimum absolute atomic E-state index is 0.156. The van der Waals surface area contributed by atoms with Gasteiger partial charge in [0.2, 0.25) is 0 Å². The van der Waals surface area contributed by atoms with Gasteiger partial charge in [0, 0.05) is 11.6 Å². The molecule has 102 valence electrons. The Morgan fingerprint density at radius 1 is 1.33 bits per heavy atom. The normalized spacial score (nSPS) is 12.4. The molecule has 1 unspecified atom stereocenters. The lowest BCUT2D eigenvalue weighted by molar-refractivity contribution is 0.216. The number of halogens is 1. The van der Waals surface area contributed by atoms with Gasteiger partial charge in [0.1, 0.15) is 11.9 Å². The zero-order chi connectivity index (χ0) is 13.4. The van der Waals surface area contributed by atoms with Gasteiger partial charge >= 0.3 is 0 Å². The highest BCUT2D eigenvalue weighted by molar-refractivity contribution is 6.30. The van der Waals surface area contributed by atoms with Crippen molar-refractivity contribution in [3.8, 4) is 5.75 Å². The molecule has 0 fully saturated rings. The van der Waals surface area contributed by atoms with Crippen molar-refractivity contribution in [1.29, 1.82) is 0 Å². The van der Waals surface area contributed by atoms with E-state index in [0.717, 1.165) is 29.4 Å². The number of hydrogen-bond acceptors (Lipinski definition) is 2. The second kappa shape index (κ2) is 8.39. The second-order valence-electron chi connectivity index (χ2n) is 4.75. The molecule has 0 saturated heterocycles. The van der Waals surface area contributed by atoms with Crippen LogP contribution in [0.4, 0.5) is 0 Å². The molecule has 0 saturated carbocycles. The maximum atomic E-state index is 5.97. The fourth-order valence-corrected chi connectivity index (χ4v) is 1.93. The van der Waals surface area contributed by atoms with E-state index in [1.165, 1.54) is 19.3 Å². The summed E-state index contributed by atoms with van der Waals surface area (Å²) in [5.74, 6) is 0.880. The summed E-state index contributed by atoms with van der Waals surface area (Å²) in [5, 5.41) is 4.14. The largest absolute Gasteiger partial charge is 0.489 e. The van der Waals surface area contributed by atoms with E-state index in [1.54, 1.807) is 0 Å². The Hall–Kier alpha value is -0.730. The molecule has 1 N–H and O–H groups in total. The van der Waals surface area contributed by atoms with Crippen molar-refractivity contribution in [3.63, 3.8) is 0 Å². The van der Waals surface area contributed by atoms with Crippen LogP contribution in [0.2, 0.25) is 5.02 Å². The summed E-state index contributed by atoms with van der Waals surface area (Å²) in [6.45, 7) is 8.26. The minimum atomic E-state index is 0.156. The molecule has 2 nitrogen and oxygen atoms in total. The molecule has 0 amide bonds. The second-order valence-corrected chi connectivity index (χ2v) is 5.19. The summed E-state index contributed by atoms with van der Waals surface area (Å²) in [7, 11) is 0. The third kappa shape index (κ3) is 5.74. The zero-order valence-corrected chi connectivity index (χ0v) is 12.4. The van der Waals surface area contributed by atoms with Crippen LogP contribution < -0.4 is 10.1 Å². The lowest BCUT2D eigenvalue weighted by atomic mass is 10.2. The number of benzene rings is 1. The van der Waals surface area contributed by atoms with Gasteiger partial charge in [-0.15, -0.1) is 0 Å². The molecule has 3 heteroatoms. The van der Waals surface area contributed by atoms with Crippen LogP contribution in [0.1, 0.15) is 38.7 Å². The zero-order valence-electron chi connectivity index (χ0n) is 11.6. The van der Waals surface area contributed by atoms with E-state index in [-0.39, 0.29) is 6.10 Å². The average molecular weight is 270 g/mol. The Labute approximate surface area is 116 Å². The highest BCUT2D eigenvalue weighted by atomic mass is 35.5. The number of nitrogens with one attached hydrogen (secondary N) is 1. The van der Waals surface area contributed by atoms with E-state index in [0.29, 0.717) is 0 Å². The molecule has 0 bridgehead atoms. The monoisotopic (exact) mass is 269 g/mol. The molecule has 1 atom stereocenters. The molecule has 0 radical (unpaired) electrons. The summed E-state index contributed by atoms with van der Waals surface area (Å²) in [6.07, 6.45) is 3.94. The molecule has 1 rings (SSSR count). The summed E-state index contributed by atoms with van der Waals surface area (Å²) in [5.41, 5.74) is 1.12. The Kier molecular flexibility index (Phi) is 7.14. The van der Waals surface area contributed by atoms with E-state index in [9.17, 15) is 0 Å². The SMILES string of the molecule is CCCCCNCC(C)Oc1cc(Cl)ccc1C. The van der Waals surface area contributed by atoms with Gasteiger partial charge < -0.3 is 10.1 Å². The molecule has 0 aliphatic rings. The van der Waals surface area contributed by atoms with Crippen molar-refractivity contribution < 1.29 is 4.74 Å². The number of unbranched alkanes of at least 4 members (excludes halogenated alkanes) is 2. The van der Waals surface area contributed by atoms with Crippen molar-refractivity contribution in [3.05, 3.63) is 28.8 Å². The fourth-order valence-electron chi connectivity index (χ4n) is 1.76. The summed E-state index contributed by atoms with van der Waals surface area (Å²) in [4.78, 5) is 0. The lowest BCUT2D eigenvalue weighted by Gasteiger charge is -2.17. The molecular formula is C15H24ClNO. The molecule has 0 spiro atoms. The Morgan fingerprint density at radius 3 is 2.83 bits per heavy atom. The van der Waals surface area contributed by atoms with Crippen LogP contribution in [0.15, 0.2) is 18.2 Å². The maximum absolute atomic E-state index is 5.97. The predicted molar refractivity (Wildman–Crippen MR) is 78.7 cm³/mol. The van der Waals surface area contributed by atoms with Crippen molar-refractivity contribution in [1.82, 2.24) is 5.32 Å². The van der Waals surface area contributed by atoms with E-state index >= 15 is 0 Å². The van der Waals surface area contributed by atoms with Crippen molar-refractivity contribution >= 4 is 11.6 Å². The van der Waals surface area contributed by atoms with Crippen LogP contribution in [0.5, 0.6) is 5.75 Å². The first-order valence-corrected chi connectivity index (χ1v) is 7.14. The molecule has 1 aromatic rings. The van der Waals surface area contributed by atoms with Crippen LogP contribution in [-0.4, -0.2) is 19.2 Å². The molecule has 0 heterocycles. The Morgan fingerprint density at radius 2 is 2.11 bits per heavy atom. The van der Waals surface area contributed by atoms with E-state index in [1.807, 2.05) is 25.1 Å². The highest BCUT2D eigenvalue weighted by Crippen LogP contribution is 2.23. The summed E-state index contributed by atoms with van der Waals surface area (Å²) >= 11 is 5.97. The van der Waals surface area contributed by atoms with Crippen molar-refractivity contribution in [2.24, 2.45) is 0 Å². The van der Waals surface area contributed by atoms with Crippen LogP contribution in [0.25, 0.3) is 0 Å². The van der Waals surface area contributed by atoms with Crippen LogP contribution in [0.3, 0.4) is 0 Å². The Balaban J connectivity index is 2.30. The van der Waals surface area contributed by atoms with Crippen molar-refractivity contribution in [2.75, 3.05) is 13.1 Å². The highest BCUT2D eigenvalue weighted by Gasteiger charge is 2.06. The van der Waals surface area contributed by atoms with Gasteiger partial charge in [0.05, 0.1) is 0 Å². The number of rotatable bonds is 8. The smallest absolute Gasteiger partial charge is 0.124 e. The molecule has 0 aliphatic carbocycles. The molecule has 18 heavy (non-hydrogen) atoms. The molecule has 1 aromatic carbocycles. The van der Waals surface area contributed by atoms with E-state index < -0.39 is 0 Å². The topological polar surface area (TPSA) is 21.3 Å². The number of aryl methyl sites for hydroxylation is 1. The van der Waals surface area contributed by atoms with E-state index in [2.05, 4.69) is 19.2 Å². The van der Waals surface area contributed by atoms with Crippen molar-refractivity contribution in [2.45, 2.75) is 46.1 Å². The third-order valence-corrected chi connectivity index (χ3v) is 3.10. The third-order valence-electron chi connectivity index (χ3n) is 2.87. The molecular weight excluding hydrogens is 246 g/mol. The van der Waals surface area contributed by atoms with Crippen LogP contribution in [0, 0.1) is 6.92 Å². The standard InChI is InChI=1S/C15H24ClNO/c1-4-5-6-9-17-11-13(3)18-15-10-14(16)8-7-12(15)2/h7-8,10,13,17H,4-6,9,11H2,1-3H3. The minimum Gasteiger partial charge on any atom is -0.489 e.